The van der Waals surface area contributed by atoms with Crippen molar-refractivity contribution in [1.29, 1.82) is 0 Å². The van der Waals surface area contributed by atoms with Crippen LogP contribution in [0.5, 0.6) is 0 Å². The zero-order valence-electron chi connectivity index (χ0n) is 7.68. The summed E-state index contributed by atoms with van der Waals surface area (Å²) in [5.74, 6) is 0.0660. The van der Waals surface area contributed by atoms with Crippen LogP contribution >= 0.6 is 0 Å². The lowest BCUT2D eigenvalue weighted by Crippen LogP contribution is -1.91. The van der Waals surface area contributed by atoms with Gasteiger partial charge in [0.1, 0.15) is 5.82 Å². The molecule has 0 atom stereocenters. The summed E-state index contributed by atoms with van der Waals surface area (Å²) in [5.41, 5.74) is 0.856. The number of hydrogen-bond donors (Lipinski definition) is 0. The molecule has 0 N–H and O–H groups in total. The van der Waals surface area contributed by atoms with E-state index >= 15 is 0 Å². The number of benzene rings is 1. The molecule has 0 amide bonds. The SMILES string of the molecule is O=Cc1nc(Cc2ccc(F)cc2)no1. The molecule has 76 valence electrons. The van der Waals surface area contributed by atoms with Crippen LogP contribution in [-0.2, 0) is 6.42 Å². The van der Waals surface area contributed by atoms with Crippen molar-refractivity contribution in [3.63, 3.8) is 0 Å². The van der Waals surface area contributed by atoms with Gasteiger partial charge in [-0.15, -0.1) is 0 Å². The van der Waals surface area contributed by atoms with Crippen LogP contribution in [0.25, 0.3) is 0 Å². The van der Waals surface area contributed by atoms with E-state index in [1.165, 1.54) is 12.1 Å². The standard InChI is InChI=1S/C10H7FN2O2/c11-8-3-1-7(2-4-8)5-9-12-10(6-14)15-13-9/h1-4,6H,5H2. The van der Waals surface area contributed by atoms with Crippen molar-refractivity contribution < 1.29 is 13.7 Å². The first-order valence-electron chi connectivity index (χ1n) is 4.30. The Kier molecular flexibility index (Phi) is 2.53. The van der Waals surface area contributed by atoms with Gasteiger partial charge < -0.3 is 4.52 Å². The minimum absolute atomic E-state index is 0.0490. The van der Waals surface area contributed by atoms with Crippen LogP contribution in [0.1, 0.15) is 22.1 Å². The topological polar surface area (TPSA) is 56.0 Å². The largest absolute Gasteiger partial charge is 0.331 e. The van der Waals surface area contributed by atoms with Crippen LogP contribution in [0.3, 0.4) is 0 Å². The molecule has 0 fully saturated rings. The molecule has 15 heavy (non-hydrogen) atoms. The van der Waals surface area contributed by atoms with E-state index in [-0.39, 0.29) is 11.7 Å². The number of hydrogen-bond acceptors (Lipinski definition) is 4. The lowest BCUT2D eigenvalue weighted by Gasteiger charge is -1.95. The van der Waals surface area contributed by atoms with Crippen LogP contribution in [0.15, 0.2) is 28.8 Å². The summed E-state index contributed by atoms with van der Waals surface area (Å²) < 4.78 is 17.2. The Labute approximate surface area is 84.7 Å². The Hall–Kier alpha value is -2.04. The Morgan fingerprint density at radius 3 is 2.67 bits per heavy atom. The molecule has 2 rings (SSSR count). The van der Waals surface area contributed by atoms with Gasteiger partial charge in [-0.3, -0.25) is 4.79 Å². The zero-order chi connectivity index (χ0) is 10.7. The Morgan fingerprint density at radius 2 is 2.07 bits per heavy atom. The maximum Gasteiger partial charge on any atom is 0.290 e. The van der Waals surface area contributed by atoms with E-state index in [9.17, 15) is 9.18 Å². The molecule has 0 spiro atoms. The number of aldehydes is 1. The Bertz CT molecular complexity index is 465. The minimum atomic E-state index is -0.291. The molecular formula is C10H7FN2O2. The maximum atomic E-state index is 12.6. The van der Waals surface area contributed by atoms with Crippen LogP contribution < -0.4 is 0 Å². The van der Waals surface area contributed by atoms with Crippen molar-refractivity contribution in [1.82, 2.24) is 10.1 Å². The van der Waals surface area contributed by atoms with Crippen molar-refractivity contribution in [2.45, 2.75) is 6.42 Å². The first-order valence-corrected chi connectivity index (χ1v) is 4.30. The third-order valence-corrected chi connectivity index (χ3v) is 1.86. The predicted molar refractivity (Wildman–Crippen MR) is 48.9 cm³/mol. The average Bonchev–Trinajstić information content (AvgIpc) is 2.69. The van der Waals surface area contributed by atoms with Gasteiger partial charge in [0.05, 0.1) is 0 Å². The predicted octanol–water partition coefficient (Wildman–Crippen LogP) is 1.61. The maximum absolute atomic E-state index is 12.6. The molecule has 0 saturated carbocycles. The Balaban J connectivity index is 2.14. The van der Waals surface area contributed by atoms with Gasteiger partial charge in [0.15, 0.2) is 5.82 Å². The van der Waals surface area contributed by atoms with Gasteiger partial charge in [0.25, 0.3) is 5.89 Å². The first-order chi connectivity index (χ1) is 7.28. The van der Waals surface area contributed by atoms with Gasteiger partial charge in [0.2, 0.25) is 6.29 Å². The summed E-state index contributed by atoms with van der Waals surface area (Å²) in [6, 6.07) is 5.98. The fourth-order valence-electron chi connectivity index (χ4n) is 1.17. The quantitative estimate of drug-likeness (QED) is 0.716. The van der Waals surface area contributed by atoms with Crippen molar-refractivity contribution in [2.75, 3.05) is 0 Å². The van der Waals surface area contributed by atoms with Gasteiger partial charge in [-0.1, -0.05) is 17.3 Å². The highest BCUT2D eigenvalue weighted by Gasteiger charge is 2.05. The second kappa shape index (κ2) is 4.00. The van der Waals surface area contributed by atoms with Gasteiger partial charge >= 0.3 is 0 Å². The number of carbonyl (C=O) groups excluding carboxylic acids is 1. The summed E-state index contributed by atoms with van der Waals surface area (Å²) in [6.07, 6.45) is 0.902. The molecule has 0 saturated heterocycles. The number of rotatable bonds is 3. The number of carbonyl (C=O) groups is 1. The summed E-state index contributed by atoms with van der Waals surface area (Å²) in [6.45, 7) is 0. The van der Waals surface area contributed by atoms with Crippen molar-refractivity contribution >= 4 is 6.29 Å². The number of halogens is 1. The summed E-state index contributed by atoms with van der Waals surface area (Å²) in [4.78, 5) is 14.1. The molecule has 1 aromatic heterocycles. The van der Waals surface area contributed by atoms with E-state index in [1.807, 2.05) is 0 Å². The summed E-state index contributed by atoms with van der Waals surface area (Å²) in [7, 11) is 0. The van der Waals surface area contributed by atoms with E-state index in [0.29, 0.717) is 18.5 Å². The lowest BCUT2D eigenvalue weighted by atomic mass is 10.1. The third-order valence-electron chi connectivity index (χ3n) is 1.86. The molecule has 1 heterocycles. The fourth-order valence-corrected chi connectivity index (χ4v) is 1.17. The average molecular weight is 206 g/mol. The monoisotopic (exact) mass is 206 g/mol. The molecule has 0 unspecified atom stereocenters. The van der Waals surface area contributed by atoms with E-state index in [0.717, 1.165) is 5.56 Å². The van der Waals surface area contributed by atoms with Crippen LogP contribution in [0, 0.1) is 5.82 Å². The van der Waals surface area contributed by atoms with E-state index in [2.05, 4.69) is 14.7 Å². The fraction of sp³-hybridized carbons (Fsp3) is 0.100. The molecule has 0 radical (unpaired) electrons. The molecule has 2 aromatic rings. The highest BCUT2D eigenvalue weighted by atomic mass is 19.1. The normalized spacial score (nSPS) is 10.2. The van der Waals surface area contributed by atoms with E-state index in [1.54, 1.807) is 12.1 Å². The van der Waals surface area contributed by atoms with Crippen molar-refractivity contribution in [3.05, 3.63) is 47.4 Å². The zero-order valence-corrected chi connectivity index (χ0v) is 7.68. The molecule has 0 aliphatic heterocycles. The van der Waals surface area contributed by atoms with E-state index < -0.39 is 0 Å². The van der Waals surface area contributed by atoms with Gasteiger partial charge in [-0.05, 0) is 17.7 Å². The second-order valence-electron chi connectivity index (χ2n) is 2.97. The van der Waals surface area contributed by atoms with E-state index in [4.69, 9.17) is 0 Å². The first kappa shape index (κ1) is 9.51. The highest BCUT2D eigenvalue weighted by molar-refractivity contribution is 5.66. The molecule has 0 bridgehead atoms. The second-order valence-corrected chi connectivity index (χ2v) is 2.97. The third kappa shape index (κ3) is 2.25. The smallest absolute Gasteiger partial charge is 0.290 e. The summed E-state index contributed by atoms with van der Waals surface area (Å²) >= 11 is 0. The summed E-state index contributed by atoms with van der Waals surface area (Å²) in [5, 5.41) is 3.59. The lowest BCUT2D eigenvalue weighted by molar-refractivity contribution is 0.108. The van der Waals surface area contributed by atoms with Crippen LogP contribution in [0.4, 0.5) is 4.39 Å². The minimum Gasteiger partial charge on any atom is -0.331 e. The molecule has 4 nitrogen and oxygen atoms in total. The van der Waals surface area contributed by atoms with Gasteiger partial charge in [0, 0.05) is 6.42 Å². The van der Waals surface area contributed by atoms with Gasteiger partial charge in [-0.2, -0.15) is 4.98 Å². The number of nitrogens with zero attached hydrogens (tertiary/aromatic N) is 2. The molecule has 0 aliphatic rings. The molecular weight excluding hydrogens is 199 g/mol. The molecule has 5 heteroatoms. The number of aromatic nitrogens is 2. The van der Waals surface area contributed by atoms with Crippen LogP contribution in [-0.4, -0.2) is 16.4 Å². The van der Waals surface area contributed by atoms with Crippen LogP contribution in [0.2, 0.25) is 0 Å². The molecule has 1 aromatic carbocycles. The molecule has 0 aliphatic carbocycles. The van der Waals surface area contributed by atoms with Gasteiger partial charge in [-0.25, -0.2) is 4.39 Å². The van der Waals surface area contributed by atoms with Crippen molar-refractivity contribution in [3.8, 4) is 0 Å². The highest BCUT2D eigenvalue weighted by Crippen LogP contribution is 2.07. The Morgan fingerprint density at radius 1 is 1.33 bits per heavy atom. The van der Waals surface area contributed by atoms with Crippen molar-refractivity contribution in [2.24, 2.45) is 0 Å².